The molecule has 0 unspecified atom stereocenters. The number of aryl methyl sites for hydroxylation is 1. The van der Waals surface area contributed by atoms with Crippen molar-refractivity contribution in [2.45, 2.75) is 0 Å². The number of rotatable bonds is 1. The Bertz CT molecular complexity index is 467. The molecule has 1 aromatic heterocycles. The monoisotopic (exact) mass is 271 g/mol. The van der Waals surface area contributed by atoms with Gasteiger partial charge in [0.2, 0.25) is 0 Å². The van der Waals surface area contributed by atoms with E-state index in [1.807, 2.05) is 29.8 Å². The van der Waals surface area contributed by atoms with Crippen LogP contribution in [0.25, 0.3) is 11.4 Å². The maximum Gasteiger partial charge on any atom is 0.165 e. The second-order valence-electron chi connectivity index (χ2n) is 2.87. The molecular formula is C9H7BrClN3. The maximum absolute atomic E-state index is 6.13. The summed E-state index contributed by atoms with van der Waals surface area (Å²) in [5.74, 6) is 0.760. The summed E-state index contributed by atoms with van der Waals surface area (Å²) in [6.07, 6.45) is 1.65. The summed E-state index contributed by atoms with van der Waals surface area (Å²) in [5.41, 5.74) is 0.876. The van der Waals surface area contributed by atoms with E-state index in [-0.39, 0.29) is 0 Å². The third-order valence-corrected chi connectivity index (χ3v) is 3.20. The quantitative estimate of drug-likeness (QED) is 0.799. The lowest BCUT2D eigenvalue weighted by atomic mass is 10.2. The molecule has 0 amide bonds. The summed E-state index contributed by atoms with van der Waals surface area (Å²) in [6, 6.07) is 5.72. The number of benzene rings is 1. The van der Waals surface area contributed by atoms with Crippen LogP contribution in [-0.4, -0.2) is 14.8 Å². The van der Waals surface area contributed by atoms with Crippen LogP contribution < -0.4 is 0 Å². The van der Waals surface area contributed by atoms with Crippen molar-refractivity contribution in [3.63, 3.8) is 0 Å². The minimum absolute atomic E-state index is 0.656. The molecule has 0 aliphatic heterocycles. The lowest BCUT2D eigenvalue weighted by Crippen LogP contribution is -1.92. The van der Waals surface area contributed by atoms with Crippen LogP contribution in [0.15, 0.2) is 29.0 Å². The first kappa shape index (κ1) is 9.68. The number of nitrogens with zero attached hydrogens (tertiary/aromatic N) is 3. The van der Waals surface area contributed by atoms with Crippen LogP contribution in [0.1, 0.15) is 0 Å². The fourth-order valence-corrected chi connectivity index (χ4v) is 1.78. The van der Waals surface area contributed by atoms with Crippen LogP contribution in [0.3, 0.4) is 0 Å². The molecule has 0 saturated heterocycles. The van der Waals surface area contributed by atoms with Gasteiger partial charge in [0, 0.05) is 17.1 Å². The largest absolute Gasteiger partial charge is 0.317 e. The van der Waals surface area contributed by atoms with Gasteiger partial charge in [0.1, 0.15) is 6.33 Å². The fourth-order valence-electron chi connectivity index (χ4n) is 1.20. The van der Waals surface area contributed by atoms with Gasteiger partial charge in [-0.2, -0.15) is 0 Å². The molecule has 1 heterocycles. The van der Waals surface area contributed by atoms with Crippen LogP contribution in [-0.2, 0) is 7.05 Å². The lowest BCUT2D eigenvalue weighted by molar-refractivity contribution is 0.919. The molecule has 0 spiro atoms. The third kappa shape index (κ3) is 1.55. The highest BCUT2D eigenvalue weighted by molar-refractivity contribution is 9.10. The molecule has 5 heteroatoms. The molecule has 2 rings (SSSR count). The van der Waals surface area contributed by atoms with E-state index in [1.54, 1.807) is 6.33 Å². The molecule has 0 radical (unpaired) electrons. The van der Waals surface area contributed by atoms with Gasteiger partial charge < -0.3 is 4.57 Å². The van der Waals surface area contributed by atoms with E-state index < -0.39 is 0 Å². The summed E-state index contributed by atoms with van der Waals surface area (Å²) < 4.78 is 2.69. The zero-order valence-corrected chi connectivity index (χ0v) is 9.75. The minimum Gasteiger partial charge on any atom is -0.317 e. The molecule has 0 N–H and O–H groups in total. The van der Waals surface area contributed by atoms with Crippen LogP contribution in [0.5, 0.6) is 0 Å². The molecule has 3 nitrogen and oxygen atoms in total. The van der Waals surface area contributed by atoms with Crippen LogP contribution in [0.4, 0.5) is 0 Å². The van der Waals surface area contributed by atoms with Crippen molar-refractivity contribution in [3.8, 4) is 11.4 Å². The second-order valence-corrected chi connectivity index (χ2v) is 4.10. The summed E-state index contributed by atoms with van der Waals surface area (Å²) in [6.45, 7) is 0. The van der Waals surface area contributed by atoms with Gasteiger partial charge in [-0.25, -0.2) is 0 Å². The molecule has 2 aromatic rings. The zero-order chi connectivity index (χ0) is 10.1. The Labute approximate surface area is 94.9 Å². The maximum atomic E-state index is 6.13. The summed E-state index contributed by atoms with van der Waals surface area (Å²) in [7, 11) is 1.88. The average molecular weight is 273 g/mol. The lowest BCUT2D eigenvalue weighted by Gasteiger charge is -2.04. The summed E-state index contributed by atoms with van der Waals surface area (Å²) >= 11 is 9.50. The van der Waals surface area contributed by atoms with Gasteiger partial charge in [0.25, 0.3) is 0 Å². The predicted molar refractivity (Wildman–Crippen MR) is 59.1 cm³/mol. The normalized spacial score (nSPS) is 10.5. The molecule has 14 heavy (non-hydrogen) atoms. The molecule has 0 aliphatic rings. The number of hydrogen-bond acceptors (Lipinski definition) is 2. The first-order valence-electron chi connectivity index (χ1n) is 3.98. The first-order valence-corrected chi connectivity index (χ1v) is 5.15. The van der Waals surface area contributed by atoms with Gasteiger partial charge in [0.15, 0.2) is 5.82 Å². The van der Waals surface area contributed by atoms with E-state index in [2.05, 4.69) is 26.1 Å². The molecule has 0 saturated carbocycles. The Kier molecular flexibility index (Phi) is 2.56. The number of aromatic nitrogens is 3. The van der Waals surface area contributed by atoms with Gasteiger partial charge in [0.05, 0.1) is 5.02 Å². The highest BCUT2D eigenvalue weighted by Gasteiger charge is 2.10. The molecule has 72 valence electrons. The molecule has 0 fully saturated rings. The highest BCUT2D eigenvalue weighted by atomic mass is 79.9. The minimum atomic E-state index is 0.656. The summed E-state index contributed by atoms with van der Waals surface area (Å²) in [4.78, 5) is 0. The number of halogens is 2. The highest BCUT2D eigenvalue weighted by Crippen LogP contribution is 2.31. The van der Waals surface area contributed by atoms with Crippen molar-refractivity contribution < 1.29 is 0 Å². The molecule has 0 bridgehead atoms. The Hall–Kier alpha value is -0.870. The van der Waals surface area contributed by atoms with E-state index in [1.165, 1.54) is 0 Å². The Balaban J connectivity index is 2.63. The molecule has 0 aliphatic carbocycles. The topological polar surface area (TPSA) is 30.7 Å². The van der Waals surface area contributed by atoms with Crippen LogP contribution >= 0.6 is 27.5 Å². The Morgan fingerprint density at radius 3 is 2.86 bits per heavy atom. The van der Waals surface area contributed by atoms with Crippen molar-refractivity contribution in [2.75, 3.05) is 0 Å². The van der Waals surface area contributed by atoms with E-state index in [9.17, 15) is 0 Å². The van der Waals surface area contributed by atoms with Gasteiger partial charge in [-0.3, -0.25) is 0 Å². The number of hydrogen-bond donors (Lipinski definition) is 0. The molecule has 1 aromatic carbocycles. The van der Waals surface area contributed by atoms with Crippen LogP contribution in [0.2, 0.25) is 5.02 Å². The smallest absolute Gasteiger partial charge is 0.165 e. The Morgan fingerprint density at radius 1 is 1.43 bits per heavy atom. The van der Waals surface area contributed by atoms with Crippen LogP contribution in [0, 0.1) is 0 Å². The predicted octanol–water partition coefficient (Wildman–Crippen LogP) is 2.90. The standard InChI is InChI=1S/C9H7BrClN3/c1-14-5-12-13-9(14)6-3-2-4-7(10)8(6)11/h2-5H,1H3. The van der Waals surface area contributed by atoms with Crippen molar-refractivity contribution in [1.82, 2.24) is 14.8 Å². The average Bonchev–Trinajstić information content (AvgIpc) is 2.57. The van der Waals surface area contributed by atoms with Crippen molar-refractivity contribution in [1.29, 1.82) is 0 Å². The van der Waals surface area contributed by atoms with Gasteiger partial charge in [-0.1, -0.05) is 17.7 Å². The van der Waals surface area contributed by atoms with Gasteiger partial charge in [-0.15, -0.1) is 10.2 Å². The van der Waals surface area contributed by atoms with Gasteiger partial charge >= 0.3 is 0 Å². The second kappa shape index (κ2) is 3.71. The van der Waals surface area contributed by atoms with Crippen molar-refractivity contribution in [2.24, 2.45) is 7.05 Å². The van der Waals surface area contributed by atoms with E-state index >= 15 is 0 Å². The van der Waals surface area contributed by atoms with Crippen molar-refractivity contribution >= 4 is 27.5 Å². The zero-order valence-electron chi connectivity index (χ0n) is 7.41. The Morgan fingerprint density at radius 2 is 2.21 bits per heavy atom. The summed E-state index contributed by atoms with van der Waals surface area (Å²) in [5, 5.41) is 8.46. The molecular weight excluding hydrogens is 265 g/mol. The first-order chi connectivity index (χ1) is 6.70. The van der Waals surface area contributed by atoms with E-state index in [4.69, 9.17) is 11.6 Å². The van der Waals surface area contributed by atoms with E-state index in [0.717, 1.165) is 15.9 Å². The fraction of sp³-hybridized carbons (Fsp3) is 0.111. The SMILES string of the molecule is Cn1cnnc1-c1cccc(Br)c1Cl. The van der Waals surface area contributed by atoms with Crippen molar-refractivity contribution in [3.05, 3.63) is 34.0 Å². The van der Waals surface area contributed by atoms with Gasteiger partial charge in [-0.05, 0) is 28.1 Å². The molecule has 0 atom stereocenters. The third-order valence-electron chi connectivity index (χ3n) is 1.90. The van der Waals surface area contributed by atoms with E-state index in [0.29, 0.717) is 5.02 Å².